The first kappa shape index (κ1) is 19.8. The molecule has 2 rings (SSSR count). The molecule has 0 aromatic heterocycles. The maximum absolute atomic E-state index is 12.1. The number of carbonyl (C=O) groups is 2. The van der Waals surface area contributed by atoms with Gasteiger partial charge in [0.25, 0.3) is 11.8 Å². The molecule has 0 aliphatic rings. The van der Waals surface area contributed by atoms with Crippen molar-refractivity contribution in [3.05, 3.63) is 83.9 Å². The van der Waals surface area contributed by atoms with Crippen LogP contribution in [0.2, 0.25) is 0 Å². The molecule has 0 spiro atoms. The summed E-state index contributed by atoms with van der Waals surface area (Å²) in [5, 5.41) is 11.2. The largest absolute Gasteiger partial charge is 0.388 e. The second kappa shape index (κ2) is 9.24. The highest BCUT2D eigenvalue weighted by molar-refractivity contribution is 5.96. The number of amides is 2. The van der Waals surface area contributed by atoms with Gasteiger partial charge >= 0.3 is 0 Å². The lowest BCUT2D eigenvalue weighted by Gasteiger charge is -2.10. The quantitative estimate of drug-likeness (QED) is 0.541. The van der Waals surface area contributed by atoms with Gasteiger partial charge < -0.3 is 21.3 Å². The summed E-state index contributed by atoms with van der Waals surface area (Å²) in [6.45, 7) is 7.77. The van der Waals surface area contributed by atoms with Crippen LogP contribution in [0.3, 0.4) is 0 Å². The normalized spacial score (nSPS) is 9.85. The smallest absolute Gasteiger partial charge is 0.252 e. The Bertz CT molecular complexity index is 768. The summed E-state index contributed by atoms with van der Waals surface area (Å²) >= 11 is 0. The van der Waals surface area contributed by atoms with Crippen molar-refractivity contribution in [2.24, 2.45) is 0 Å². The number of carbonyl (C=O) groups excluding carboxylic acids is 2. The molecule has 4 N–H and O–H groups in total. The molecule has 0 atom stereocenters. The maximum atomic E-state index is 12.1. The van der Waals surface area contributed by atoms with Crippen molar-refractivity contribution in [3.63, 3.8) is 0 Å². The highest BCUT2D eigenvalue weighted by atomic mass is 16.2. The van der Waals surface area contributed by atoms with Crippen molar-refractivity contribution >= 4 is 23.2 Å². The Labute approximate surface area is 159 Å². The molecule has 0 unspecified atom stereocenters. The third-order valence-electron chi connectivity index (χ3n) is 4.09. The molecule has 2 aromatic rings. The Kier molecular flexibility index (Phi) is 6.77. The van der Waals surface area contributed by atoms with Gasteiger partial charge in [-0.15, -0.1) is 0 Å². The van der Waals surface area contributed by atoms with Gasteiger partial charge in [-0.1, -0.05) is 37.4 Å². The van der Waals surface area contributed by atoms with Gasteiger partial charge in [-0.2, -0.15) is 0 Å². The minimum absolute atomic E-state index is 0.0353. The van der Waals surface area contributed by atoms with Gasteiger partial charge in [0.1, 0.15) is 0 Å². The number of hydrogen-bond acceptors (Lipinski definition) is 4. The van der Waals surface area contributed by atoms with Crippen LogP contribution in [0, 0.1) is 0 Å². The third-order valence-corrected chi connectivity index (χ3v) is 4.09. The minimum atomic E-state index is -0.266. The molecule has 2 amide bonds. The Morgan fingerprint density at radius 1 is 0.667 bits per heavy atom. The van der Waals surface area contributed by atoms with Crippen LogP contribution in [0.15, 0.2) is 61.7 Å². The molecule has 0 radical (unpaired) electrons. The Hall–Kier alpha value is -3.54. The fourth-order valence-corrected chi connectivity index (χ4v) is 2.34. The fraction of sp³-hybridized carbons (Fsp3) is 0.143. The van der Waals surface area contributed by atoms with Crippen LogP contribution in [0.1, 0.15) is 31.8 Å². The minimum Gasteiger partial charge on any atom is -0.388 e. The zero-order valence-electron chi connectivity index (χ0n) is 15.6. The van der Waals surface area contributed by atoms with Crippen LogP contribution in [0.4, 0.5) is 0 Å². The van der Waals surface area contributed by atoms with Crippen molar-refractivity contribution in [1.29, 1.82) is 0 Å². The summed E-state index contributed by atoms with van der Waals surface area (Å²) in [5.74, 6) is -0.532. The predicted octanol–water partition coefficient (Wildman–Crippen LogP) is 2.18. The lowest BCUT2D eigenvalue weighted by Crippen LogP contribution is -2.37. The van der Waals surface area contributed by atoms with Crippen LogP contribution in [0.25, 0.3) is 11.4 Å². The molecule has 0 saturated heterocycles. The first-order chi connectivity index (χ1) is 13.0. The summed E-state index contributed by atoms with van der Waals surface area (Å²) in [4.78, 5) is 24.3. The van der Waals surface area contributed by atoms with Crippen molar-refractivity contribution < 1.29 is 9.59 Å². The molecule has 2 aromatic carbocycles. The van der Waals surface area contributed by atoms with Crippen LogP contribution < -0.4 is 21.3 Å². The highest BCUT2D eigenvalue weighted by Crippen LogP contribution is 2.11. The van der Waals surface area contributed by atoms with E-state index in [1.165, 1.54) is 0 Å². The molecule has 0 bridgehead atoms. The Morgan fingerprint density at radius 3 is 1.26 bits per heavy atom. The first-order valence-corrected chi connectivity index (χ1v) is 8.47. The van der Waals surface area contributed by atoms with Crippen LogP contribution in [-0.4, -0.2) is 32.6 Å². The van der Waals surface area contributed by atoms with E-state index >= 15 is 0 Å². The average Bonchev–Trinajstić information content (AvgIpc) is 2.72. The standard InChI is InChI=1S/C21H24N4O2/c1-14(22-3)16-5-9-18(10-6-16)20(26)24-13-25-21(27)19-11-7-17(8-12-19)15(2)23-4/h5-12,22-23H,1-2,13H2,3-4H3,(H,24,26)(H,25,27). The second-order valence-electron chi connectivity index (χ2n) is 5.80. The van der Waals surface area contributed by atoms with E-state index in [0.717, 1.165) is 22.5 Å². The molecule has 0 fully saturated rings. The average molecular weight is 364 g/mol. The number of nitrogens with one attached hydrogen (secondary N) is 4. The zero-order chi connectivity index (χ0) is 19.8. The van der Waals surface area contributed by atoms with Crippen molar-refractivity contribution in [2.75, 3.05) is 20.8 Å². The molecular weight excluding hydrogens is 340 g/mol. The van der Waals surface area contributed by atoms with Crippen molar-refractivity contribution in [3.8, 4) is 0 Å². The Morgan fingerprint density at radius 2 is 0.963 bits per heavy atom. The number of hydrogen-bond donors (Lipinski definition) is 4. The summed E-state index contributed by atoms with van der Waals surface area (Å²) in [5.41, 5.74) is 4.38. The SMILES string of the molecule is C=C(NC)c1ccc(C(=O)NCNC(=O)c2ccc(C(=C)NC)cc2)cc1. The van der Waals surface area contributed by atoms with Gasteiger partial charge in [-0.25, -0.2) is 0 Å². The molecule has 0 aliphatic heterocycles. The predicted molar refractivity (Wildman–Crippen MR) is 109 cm³/mol. The fourth-order valence-electron chi connectivity index (χ4n) is 2.34. The molecule has 0 saturated carbocycles. The van der Waals surface area contributed by atoms with E-state index in [1.807, 2.05) is 24.3 Å². The Balaban J connectivity index is 1.86. The van der Waals surface area contributed by atoms with Gasteiger partial charge in [-0.3, -0.25) is 9.59 Å². The summed E-state index contributed by atoms with van der Waals surface area (Å²) in [6, 6.07) is 14.1. The lowest BCUT2D eigenvalue weighted by atomic mass is 10.1. The van der Waals surface area contributed by atoms with E-state index in [4.69, 9.17) is 0 Å². The zero-order valence-corrected chi connectivity index (χ0v) is 15.6. The van der Waals surface area contributed by atoms with Gasteiger partial charge in [-0.05, 0) is 35.4 Å². The van der Waals surface area contributed by atoms with E-state index in [-0.39, 0.29) is 18.5 Å². The van der Waals surface area contributed by atoms with Gasteiger partial charge in [0, 0.05) is 36.6 Å². The monoisotopic (exact) mass is 364 g/mol. The summed E-state index contributed by atoms with van der Waals surface area (Å²) < 4.78 is 0. The van der Waals surface area contributed by atoms with Crippen LogP contribution in [0.5, 0.6) is 0 Å². The molecule has 0 heterocycles. The number of benzene rings is 2. The first-order valence-electron chi connectivity index (χ1n) is 8.47. The lowest BCUT2D eigenvalue weighted by molar-refractivity contribution is 0.0920. The van der Waals surface area contributed by atoms with Crippen LogP contribution in [-0.2, 0) is 0 Å². The van der Waals surface area contributed by atoms with Crippen molar-refractivity contribution in [1.82, 2.24) is 21.3 Å². The summed E-state index contributed by atoms with van der Waals surface area (Å²) in [6.07, 6.45) is 0. The molecule has 0 aliphatic carbocycles. The van der Waals surface area contributed by atoms with E-state index in [2.05, 4.69) is 34.4 Å². The van der Waals surface area contributed by atoms with Crippen LogP contribution >= 0.6 is 0 Å². The van der Waals surface area contributed by atoms with E-state index < -0.39 is 0 Å². The molecular formula is C21H24N4O2. The van der Waals surface area contributed by atoms with E-state index in [0.29, 0.717) is 11.1 Å². The van der Waals surface area contributed by atoms with E-state index in [1.54, 1.807) is 38.4 Å². The van der Waals surface area contributed by atoms with Gasteiger partial charge in [0.15, 0.2) is 0 Å². The molecule has 6 nitrogen and oxygen atoms in total. The molecule has 6 heteroatoms. The van der Waals surface area contributed by atoms with Gasteiger partial charge in [0.2, 0.25) is 0 Å². The molecule has 27 heavy (non-hydrogen) atoms. The van der Waals surface area contributed by atoms with Gasteiger partial charge in [0.05, 0.1) is 6.67 Å². The van der Waals surface area contributed by atoms with Crippen molar-refractivity contribution in [2.45, 2.75) is 0 Å². The highest BCUT2D eigenvalue weighted by Gasteiger charge is 2.08. The second-order valence-corrected chi connectivity index (χ2v) is 5.80. The third kappa shape index (κ3) is 5.22. The number of rotatable bonds is 8. The summed E-state index contributed by atoms with van der Waals surface area (Å²) in [7, 11) is 3.58. The molecule has 140 valence electrons. The topological polar surface area (TPSA) is 82.3 Å². The van der Waals surface area contributed by atoms with E-state index in [9.17, 15) is 9.59 Å². The maximum Gasteiger partial charge on any atom is 0.252 e.